The molecule has 8 heteroatoms. The lowest BCUT2D eigenvalue weighted by molar-refractivity contribution is -0.236. The number of ether oxygens (including phenoxy) is 6. The minimum atomic E-state index is -1.00. The predicted molar refractivity (Wildman–Crippen MR) is 89.6 cm³/mol. The molecule has 26 heavy (non-hydrogen) atoms. The summed E-state index contributed by atoms with van der Waals surface area (Å²) in [5.41, 5.74) is 0. The van der Waals surface area contributed by atoms with Crippen LogP contribution in [0.1, 0.15) is 27.7 Å². The van der Waals surface area contributed by atoms with Crippen LogP contribution in [0.5, 0.6) is 5.75 Å². The Morgan fingerprint density at radius 1 is 0.923 bits per heavy atom. The topological polar surface area (TPSA) is 72.5 Å². The van der Waals surface area contributed by atoms with Gasteiger partial charge in [-0.05, 0) is 52.0 Å². The number of halogens is 1. The van der Waals surface area contributed by atoms with Crippen LogP contribution < -0.4 is 4.74 Å². The van der Waals surface area contributed by atoms with Crippen molar-refractivity contribution in [1.82, 2.24) is 0 Å². The Balaban J connectivity index is 1.57. The molecule has 0 bridgehead atoms. The molecular weight excluding hydrogens is 364 g/mol. The van der Waals surface area contributed by atoms with Crippen molar-refractivity contribution in [2.75, 3.05) is 0 Å². The number of fused-ring (bicyclic) bond motifs is 3. The standard InChI is InChI=1S/C18H21ClO7/c1-17(2)23-11-12(24-17)14-16(26-18(3,4)25-14)22-13(11)15(20)21-10-7-5-9(19)6-8-10/h5-8,11-14,16H,1-4H3/t11-,12+,13+,14+,16+/m1/s1. The molecule has 7 nitrogen and oxygen atoms in total. The molecule has 0 N–H and O–H groups in total. The van der Waals surface area contributed by atoms with Gasteiger partial charge in [-0.2, -0.15) is 0 Å². The van der Waals surface area contributed by atoms with E-state index in [2.05, 4.69) is 0 Å². The molecule has 0 aliphatic carbocycles. The Hall–Kier alpha value is -1.22. The highest BCUT2D eigenvalue weighted by Gasteiger charge is 2.62. The van der Waals surface area contributed by atoms with E-state index in [1.807, 2.05) is 0 Å². The zero-order chi connectivity index (χ0) is 18.7. The number of esters is 1. The molecule has 0 aromatic heterocycles. The highest BCUT2D eigenvalue weighted by molar-refractivity contribution is 6.30. The van der Waals surface area contributed by atoms with E-state index in [0.29, 0.717) is 10.8 Å². The second-order valence-electron chi connectivity index (χ2n) is 7.47. The Kier molecular flexibility index (Phi) is 4.30. The maximum absolute atomic E-state index is 12.7. The molecule has 0 amide bonds. The molecule has 3 heterocycles. The summed E-state index contributed by atoms with van der Waals surface area (Å²) in [4.78, 5) is 12.7. The van der Waals surface area contributed by atoms with Crippen LogP contribution in [-0.4, -0.2) is 48.2 Å². The summed E-state index contributed by atoms with van der Waals surface area (Å²) in [6.45, 7) is 7.13. The number of hydrogen-bond donors (Lipinski definition) is 0. The van der Waals surface area contributed by atoms with Crippen molar-refractivity contribution >= 4 is 17.6 Å². The molecule has 4 rings (SSSR count). The molecule has 0 unspecified atom stereocenters. The molecule has 3 aliphatic rings. The van der Waals surface area contributed by atoms with Crippen LogP contribution in [0.2, 0.25) is 5.02 Å². The lowest BCUT2D eigenvalue weighted by Gasteiger charge is -2.35. The third-order valence-corrected chi connectivity index (χ3v) is 4.67. The van der Waals surface area contributed by atoms with E-state index >= 15 is 0 Å². The van der Waals surface area contributed by atoms with Gasteiger partial charge >= 0.3 is 5.97 Å². The van der Waals surface area contributed by atoms with Crippen molar-refractivity contribution in [1.29, 1.82) is 0 Å². The largest absolute Gasteiger partial charge is 0.425 e. The number of carbonyl (C=O) groups is 1. The fourth-order valence-electron chi connectivity index (χ4n) is 3.48. The molecule has 3 fully saturated rings. The SMILES string of the molecule is CC1(C)O[C@@H]2O[C@H](C(=O)Oc3ccc(Cl)cc3)[C@@H]3OC(C)(C)O[C@@H]3[C@@H]2O1. The average Bonchev–Trinajstić information content (AvgIpc) is 3.02. The minimum Gasteiger partial charge on any atom is -0.425 e. The van der Waals surface area contributed by atoms with Crippen molar-refractivity contribution in [2.45, 2.75) is 70.0 Å². The first kappa shape index (κ1) is 18.2. The van der Waals surface area contributed by atoms with Crippen molar-refractivity contribution in [3.63, 3.8) is 0 Å². The van der Waals surface area contributed by atoms with E-state index < -0.39 is 48.2 Å². The Labute approximate surface area is 156 Å². The maximum Gasteiger partial charge on any atom is 0.343 e. The third kappa shape index (κ3) is 3.35. The highest BCUT2D eigenvalue weighted by Crippen LogP contribution is 2.44. The van der Waals surface area contributed by atoms with E-state index in [9.17, 15) is 4.79 Å². The fraction of sp³-hybridized carbons (Fsp3) is 0.611. The van der Waals surface area contributed by atoms with Gasteiger partial charge in [0.05, 0.1) is 0 Å². The van der Waals surface area contributed by atoms with Gasteiger partial charge in [-0.1, -0.05) is 11.6 Å². The highest BCUT2D eigenvalue weighted by atomic mass is 35.5. The molecule has 0 saturated carbocycles. The number of hydrogen-bond acceptors (Lipinski definition) is 7. The van der Waals surface area contributed by atoms with Crippen molar-refractivity contribution in [2.24, 2.45) is 0 Å². The van der Waals surface area contributed by atoms with E-state index in [4.69, 9.17) is 40.0 Å². The van der Waals surface area contributed by atoms with Gasteiger partial charge in [-0.3, -0.25) is 0 Å². The van der Waals surface area contributed by atoms with Gasteiger partial charge in [0.25, 0.3) is 0 Å². The van der Waals surface area contributed by atoms with Gasteiger partial charge in [0, 0.05) is 5.02 Å². The molecule has 142 valence electrons. The quantitative estimate of drug-likeness (QED) is 0.573. The fourth-order valence-corrected chi connectivity index (χ4v) is 3.60. The van der Waals surface area contributed by atoms with E-state index in [-0.39, 0.29) is 0 Å². The van der Waals surface area contributed by atoms with E-state index in [0.717, 1.165) is 0 Å². The van der Waals surface area contributed by atoms with E-state index in [1.165, 1.54) is 0 Å². The number of carbonyl (C=O) groups excluding carboxylic acids is 1. The zero-order valence-electron chi connectivity index (χ0n) is 14.9. The normalized spacial score (nSPS) is 37.0. The number of benzene rings is 1. The Bertz CT molecular complexity index is 702. The lowest BCUT2D eigenvalue weighted by Crippen LogP contribution is -2.58. The van der Waals surface area contributed by atoms with Crippen molar-refractivity contribution in [3.8, 4) is 5.75 Å². The van der Waals surface area contributed by atoms with Crippen LogP contribution in [0.3, 0.4) is 0 Å². The van der Waals surface area contributed by atoms with Crippen LogP contribution >= 0.6 is 11.6 Å². The second-order valence-corrected chi connectivity index (χ2v) is 7.90. The molecule has 3 saturated heterocycles. The first-order valence-corrected chi connectivity index (χ1v) is 8.85. The maximum atomic E-state index is 12.7. The molecule has 0 spiro atoms. The summed E-state index contributed by atoms with van der Waals surface area (Å²) in [7, 11) is 0. The molecule has 1 aromatic rings. The van der Waals surface area contributed by atoms with Gasteiger partial charge in [0.15, 0.2) is 24.0 Å². The van der Waals surface area contributed by atoms with Gasteiger partial charge in [0.1, 0.15) is 24.1 Å². The second kappa shape index (κ2) is 6.15. The molecule has 1 aromatic carbocycles. The molecular formula is C18H21ClO7. The summed E-state index contributed by atoms with van der Waals surface area (Å²) in [5.74, 6) is -1.94. The minimum absolute atomic E-state index is 0.365. The summed E-state index contributed by atoms with van der Waals surface area (Å²) < 4.78 is 34.8. The monoisotopic (exact) mass is 384 g/mol. The van der Waals surface area contributed by atoms with Gasteiger partial charge in [-0.25, -0.2) is 4.79 Å². The summed E-state index contributed by atoms with van der Waals surface area (Å²) in [6.07, 6.45) is -3.41. The van der Waals surface area contributed by atoms with Crippen molar-refractivity contribution in [3.05, 3.63) is 29.3 Å². The zero-order valence-corrected chi connectivity index (χ0v) is 15.7. The number of rotatable bonds is 2. The van der Waals surface area contributed by atoms with E-state index in [1.54, 1.807) is 52.0 Å². The molecule has 5 atom stereocenters. The lowest BCUT2D eigenvalue weighted by atomic mass is 9.99. The van der Waals surface area contributed by atoms with Gasteiger partial charge in [0.2, 0.25) is 0 Å². The molecule has 3 aliphatic heterocycles. The summed E-state index contributed by atoms with van der Waals surface area (Å²) >= 11 is 5.86. The molecule has 0 radical (unpaired) electrons. The average molecular weight is 385 g/mol. The van der Waals surface area contributed by atoms with Crippen LogP contribution in [-0.2, 0) is 28.5 Å². The van der Waals surface area contributed by atoms with Gasteiger partial charge in [-0.15, -0.1) is 0 Å². The summed E-state index contributed by atoms with van der Waals surface area (Å²) in [5, 5.41) is 0.551. The third-order valence-electron chi connectivity index (χ3n) is 4.42. The first-order chi connectivity index (χ1) is 12.1. The van der Waals surface area contributed by atoms with Crippen LogP contribution in [0.4, 0.5) is 0 Å². The van der Waals surface area contributed by atoms with Crippen molar-refractivity contribution < 1.29 is 33.2 Å². The van der Waals surface area contributed by atoms with Crippen LogP contribution in [0.25, 0.3) is 0 Å². The van der Waals surface area contributed by atoms with Crippen LogP contribution in [0, 0.1) is 0 Å². The Morgan fingerprint density at radius 3 is 2.19 bits per heavy atom. The van der Waals surface area contributed by atoms with Crippen LogP contribution in [0.15, 0.2) is 24.3 Å². The summed E-state index contributed by atoms with van der Waals surface area (Å²) in [6, 6.07) is 6.49. The van der Waals surface area contributed by atoms with Gasteiger partial charge < -0.3 is 28.4 Å². The first-order valence-electron chi connectivity index (χ1n) is 8.48. The Morgan fingerprint density at radius 2 is 1.50 bits per heavy atom. The predicted octanol–water partition coefficient (Wildman–Crippen LogP) is 2.64. The smallest absolute Gasteiger partial charge is 0.343 e.